The van der Waals surface area contributed by atoms with Crippen molar-refractivity contribution in [1.29, 1.82) is 0 Å². The molecule has 7 nitrogen and oxygen atoms in total. The van der Waals surface area contributed by atoms with Gasteiger partial charge in [-0.2, -0.15) is 0 Å². The van der Waals surface area contributed by atoms with Crippen molar-refractivity contribution in [3.05, 3.63) is 64.4 Å². The summed E-state index contributed by atoms with van der Waals surface area (Å²) in [6.45, 7) is 1.07. The first kappa shape index (κ1) is 19.7. The summed E-state index contributed by atoms with van der Waals surface area (Å²) in [5.41, 5.74) is 1.58. The van der Waals surface area contributed by atoms with Gasteiger partial charge in [0.15, 0.2) is 0 Å². The lowest BCUT2D eigenvalue weighted by molar-refractivity contribution is 0.106. The molecule has 1 heterocycles. The molecular formula is C21H24N2O5. The predicted molar refractivity (Wildman–Crippen MR) is 107 cm³/mol. The second-order valence-electron chi connectivity index (χ2n) is 6.35. The Morgan fingerprint density at radius 3 is 2.64 bits per heavy atom. The van der Waals surface area contributed by atoms with Gasteiger partial charge in [-0.1, -0.05) is 6.07 Å². The van der Waals surface area contributed by atoms with Crippen molar-refractivity contribution in [2.24, 2.45) is 0 Å². The van der Waals surface area contributed by atoms with Crippen LogP contribution in [0, 0.1) is 0 Å². The summed E-state index contributed by atoms with van der Waals surface area (Å²) in [4.78, 5) is 14.1. The molecule has 0 aliphatic heterocycles. The van der Waals surface area contributed by atoms with Crippen LogP contribution in [0.1, 0.15) is 5.56 Å². The van der Waals surface area contributed by atoms with Crippen LogP contribution in [0.4, 0.5) is 0 Å². The van der Waals surface area contributed by atoms with Crippen LogP contribution in [0.25, 0.3) is 10.9 Å². The number of H-pyrrole nitrogens is 1. The first-order chi connectivity index (χ1) is 13.6. The molecule has 3 aromatic rings. The average Bonchev–Trinajstić information content (AvgIpc) is 2.72. The summed E-state index contributed by atoms with van der Waals surface area (Å²) in [5.74, 6) is 2.09. The molecule has 28 heavy (non-hydrogen) atoms. The smallest absolute Gasteiger partial charge is 0.248 e. The molecule has 0 bridgehead atoms. The highest BCUT2D eigenvalue weighted by atomic mass is 16.5. The Morgan fingerprint density at radius 1 is 1.04 bits per heavy atom. The fourth-order valence-corrected chi connectivity index (χ4v) is 2.84. The summed E-state index contributed by atoms with van der Waals surface area (Å²) < 4.78 is 16.2. The number of aromatic nitrogens is 1. The molecule has 0 amide bonds. The third-order valence-corrected chi connectivity index (χ3v) is 4.33. The quantitative estimate of drug-likeness (QED) is 0.523. The molecule has 3 N–H and O–H groups in total. The Labute approximate surface area is 162 Å². The van der Waals surface area contributed by atoms with E-state index < -0.39 is 6.10 Å². The van der Waals surface area contributed by atoms with E-state index >= 15 is 0 Å². The molecule has 7 heteroatoms. The third kappa shape index (κ3) is 5.03. The number of pyridine rings is 1. The highest BCUT2D eigenvalue weighted by Gasteiger charge is 2.08. The Kier molecular flexibility index (Phi) is 6.52. The van der Waals surface area contributed by atoms with Gasteiger partial charge in [-0.25, -0.2) is 0 Å². The van der Waals surface area contributed by atoms with E-state index in [1.165, 1.54) is 6.07 Å². The number of methoxy groups -OCH3 is 2. The van der Waals surface area contributed by atoms with Crippen LogP contribution in [-0.2, 0) is 6.54 Å². The molecule has 0 aliphatic carbocycles. The van der Waals surface area contributed by atoms with Crippen LogP contribution < -0.4 is 25.1 Å². The monoisotopic (exact) mass is 384 g/mol. The van der Waals surface area contributed by atoms with E-state index in [1.54, 1.807) is 32.4 Å². The van der Waals surface area contributed by atoms with Crippen LogP contribution in [0.2, 0.25) is 0 Å². The molecule has 1 aromatic heterocycles. The second kappa shape index (κ2) is 9.25. The lowest BCUT2D eigenvalue weighted by atomic mass is 10.2. The SMILES string of the molecule is COc1ccc(CNCC(O)COc2ccc3[nH]c(=O)ccc3c2)c(OC)c1. The normalized spacial score (nSPS) is 12.0. The van der Waals surface area contributed by atoms with Crippen LogP contribution in [0.15, 0.2) is 53.3 Å². The number of aromatic amines is 1. The van der Waals surface area contributed by atoms with Crippen LogP contribution in [0.5, 0.6) is 17.2 Å². The number of nitrogens with one attached hydrogen (secondary N) is 2. The molecule has 148 valence electrons. The standard InChI is InChI=1S/C21H24N2O5/c1-26-17-5-3-15(20(10-17)27-2)11-22-12-16(24)13-28-18-6-7-19-14(9-18)4-8-21(25)23-19/h3-10,16,22,24H,11-13H2,1-2H3,(H,23,25). The zero-order valence-electron chi connectivity index (χ0n) is 15.9. The predicted octanol–water partition coefficient (Wildman–Crippen LogP) is 2.07. The van der Waals surface area contributed by atoms with Gasteiger partial charge in [0, 0.05) is 41.7 Å². The number of fused-ring (bicyclic) bond motifs is 1. The largest absolute Gasteiger partial charge is 0.497 e. The van der Waals surface area contributed by atoms with E-state index in [4.69, 9.17) is 14.2 Å². The number of hydrogen-bond donors (Lipinski definition) is 3. The van der Waals surface area contributed by atoms with Crippen LogP contribution in [-0.4, -0.2) is 43.6 Å². The Morgan fingerprint density at radius 2 is 1.86 bits per heavy atom. The topological polar surface area (TPSA) is 92.8 Å². The fraction of sp³-hybridized carbons (Fsp3) is 0.286. The maximum atomic E-state index is 11.3. The second-order valence-corrected chi connectivity index (χ2v) is 6.35. The number of hydrogen-bond acceptors (Lipinski definition) is 6. The molecule has 1 atom stereocenters. The van der Waals surface area contributed by atoms with Gasteiger partial charge in [0.1, 0.15) is 30.0 Å². The summed E-state index contributed by atoms with van der Waals surface area (Å²) in [5, 5.41) is 14.2. The number of ether oxygens (including phenoxy) is 3. The molecule has 0 saturated heterocycles. The van der Waals surface area contributed by atoms with Crippen LogP contribution >= 0.6 is 0 Å². The highest BCUT2D eigenvalue weighted by molar-refractivity contribution is 5.79. The van der Waals surface area contributed by atoms with Gasteiger partial charge >= 0.3 is 0 Å². The minimum Gasteiger partial charge on any atom is -0.497 e. The third-order valence-electron chi connectivity index (χ3n) is 4.33. The Bertz CT molecular complexity index is 986. The van der Waals surface area contributed by atoms with Crippen molar-refractivity contribution < 1.29 is 19.3 Å². The summed E-state index contributed by atoms with van der Waals surface area (Å²) in [6.07, 6.45) is -0.671. The van der Waals surface area contributed by atoms with Gasteiger partial charge in [-0.15, -0.1) is 0 Å². The number of aliphatic hydroxyl groups excluding tert-OH is 1. The lowest BCUT2D eigenvalue weighted by Crippen LogP contribution is -2.31. The molecule has 0 fully saturated rings. The first-order valence-corrected chi connectivity index (χ1v) is 8.94. The minimum absolute atomic E-state index is 0.142. The molecule has 0 aliphatic rings. The van der Waals surface area contributed by atoms with Crippen molar-refractivity contribution in [1.82, 2.24) is 10.3 Å². The van der Waals surface area contributed by atoms with E-state index in [1.807, 2.05) is 24.3 Å². The number of benzene rings is 2. The molecule has 2 aromatic carbocycles. The summed E-state index contributed by atoms with van der Waals surface area (Å²) in [6, 6.07) is 14.2. The fourth-order valence-electron chi connectivity index (χ4n) is 2.84. The maximum Gasteiger partial charge on any atom is 0.248 e. The van der Waals surface area contributed by atoms with E-state index in [2.05, 4.69) is 10.3 Å². The van der Waals surface area contributed by atoms with Gasteiger partial charge in [0.25, 0.3) is 0 Å². The zero-order valence-corrected chi connectivity index (χ0v) is 15.9. The summed E-state index contributed by atoms with van der Waals surface area (Å²) in [7, 11) is 3.22. The average molecular weight is 384 g/mol. The maximum absolute atomic E-state index is 11.3. The Hall–Kier alpha value is -3.03. The zero-order chi connectivity index (χ0) is 19.9. The molecule has 1 unspecified atom stereocenters. The van der Waals surface area contributed by atoms with Crippen molar-refractivity contribution in [3.8, 4) is 17.2 Å². The van der Waals surface area contributed by atoms with E-state index in [9.17, 15) is 9.90 Å². The van der Waals surface area contributed by atoms with Gasteiger partial charge in [0.2, 0.25) is 5.56 Å². The van der Waals surface area contributed by atoms with Gasteiger partial charge < -0.3 is 29.6 Å². The first-order valence-electron chi connectivity index (χ1n) is 8.94. The Balaban J connectivity index is 1.49. The van der Waals surface area contributed by atoms with E-state index in [0.29, 0.717) is 18.8 Å². The lowest BCUT2D eigenvalue weighted by Gasteiger charge is -2.15. The molecule has 0 radical (unpaired) electrons. The molecule has 0 saturated carbocycles. The highest BCUT2D eigenvalue weighted by Crippen LogP contribution is 2.24. The van der Waals surface area contributed by atoms with E-state index in [-0.39, 0.29) is 12.2 Å². The number of rotatable bonds is 9. The summed E-state index contributed by atoms with van der Waals surface area (Å²) >= 11 is 0. The van der Waals surface area contributed by atoms with Gasteiger partial charge in [0.05, 0.1) is 14.2 Å². The van der Waals surface area contributed by atoms with Crippen molar-refractivity contribution in [2.75, 3.05) is 27.4 Å². The number of aliphatic hydroxyl groups is 1. The van der Waals surface area contributed by atoms with Crippen molar-refractivity contribution in [3.63, 3.8) is 0 Å². The molecule has 0 spiro atoms. The van der Waals surface area contributed by atoms with Crippen molar-refractivity contribution in [2.45, 2.75) is 12.6 Å². The van der Waals surface area contributed by atoms with Gasteiger partial charge in [-0.3, -0.25) is 4.79 Å². The molecular weight excluding hydrogens is 360 g/mol. The van der Waals surface area contributed by atoms with Crippen LogP contribution in [0.3, 0.4) is 0 Å². The van der Waals surface area contributed by atoms with Crippen molar-refractivity contribution >= 4 is 10.9 Å². The van der Waals surface area contributed by atoms with E-state index in [0.717, 1.165) is 28.0 Å². The molecule has 3 rings (SSSR count). The van der Waals surface area contributed by atoms with Gasteiger partial charge in [-0.05, 0) is 30.3 Å². The minimum atomic E-state index is -0.671.